The van der Waals surface area contributed by atoms with Crippen LogP contribution in [0.1, 0.15) is 33.6 Å². The highest BCUT2D eigenvalue weighted by Gasteiger charge is 2.24. The number of methoxy groups -OCH3 is 1. The Bertz CT molecular complexity index is 344. The van der Waals surface area contributed by atoms with Crippen LogP contribution in [0.5, 0.6) is 0 Å². The van der Waals surface area contributed by atoms with Gasteiger partial charge in [-0.2, -0.15) is 0 Å². The highest BCUT2D eigenvalue weighted by Crippen LogP contribution is 2.05. The van der Waals surface area contributed by atoms with E-state index in [1.54, 1.807) is 20.8 Å². The van der Waals surface area contributed by atoms with Crippen molar-refractivity contribution < 1.29 is 24.2 Å². The quantitative estimate of drug-likeness (QED) is 0.456. The zero-order chi connectivity index (χ0) is 15.7. The van der Waals surface area contributed by atoms with E-state index >= 15 is 0 Å². The van der Waals surface area contributed by atoms with Crippen molar-refractivity contribution in [2.24, 2.45) is 11.8 Å². The summed E-state index contributed by atoms with van der Waals surface area (Å²) in [6.45, 7) is 5.58. The van der Waals surface area contributed by atoms with Crippen LogP contribution < -0.4 is 10.6 Å². The molecular weight excluding hydrogens is 264 g/mol. The molecule has 2 unspecified atom stereocenters. The van der Waals surface area contributed by atoms with E-state index in [4.69, 9.17) is 5.11 Å². The summed E-state index contributed by atoms with van der Waals surface area (Å²) in [6.07, 6.45) is 1.05. The maximum absolute atomic E-state index is 11.6. The Morgan fingerprint density at radius 1 is 1.20 bits per heavy atom. The first-order chi connectivity index (χ1) is 9.29. The lowest BCUT2D eigenvalue weighted by Gasteiger charge is -2.20. The number of hydrogen-bond acceptors (Lipinski definition) is 4. The third-order valence-corrected chi connectivity index (χ3v) is 2.93. The zero-order valence-corrected chi connectivity index (χ0v) is 12.4. The minimum Gasteiger partial charge on any atom is -0.481 e. The van der Waals surface area contributed by atoms with Crippen LogP contribution in [-0.4, -0.2) is 42.8 Å². The molecule has 3 N–H and O–H groups in total. The molecule has 0 aliphatic rings. The lowest BCUT2D eigenvalue weighted by Crippen LogP contribution is -2.49. The molecule has 0 saturated heterocycles. The number of carboxylic acid groups (broad SMARTS) is 1. The van der Waals surface area contributed by atoms with Crippen LogP contribution in [0.15, 0.2) is 0 Å². The monoisotopic (exact) mass is 288 g/mol. The topological polar surface area (TPSA) is 105 Å². The van der Waals surface area contributed by atoms with Gasteiger partial charge in [0.2, 0.25) is 0 Å². The largest absolute Gasteiger partial charge is 0.481 e. The van der Waals surface area contributed by atoms with Crippen molar-refractivity contribution in [2.75, 3.05) is 13.7 Å². The van der Waals surface area contributed by atoms with Gasteiger partial charge in [0.1, 0.15) is 6.04 Å². The summed E-state index contributed by atoms with van der Waals surface area (Å²) in [5.41, 5.74) is 0. The van der Waals surface area contributed by atoms with Gasteiger partial charge in [-0.15, -0.1) is 0 Å². The summed E-state index contributed by atoms with van der Waals surface area (Å²) in [7, 11) is 1.27. The summed E-state index contributed by atoms with van der Waals surface area (Å²) >= 11 is 0. The van der Waals surface area contributed by atoms with Crippen molar-refractivity contribution in [1.82, 2.24) is 10.6 Å². The first kappa shape index (κ1) is 18.2. The SMILES string of the molecule is COC(=O)C(NC(=O)NCCCC(C)C(=O)O)C(C)C. The van der Waals surface area contributed by atoms with E-state index in [-0.39, 0.29) is 5.92 Å². The molecule has 0 aromatic heterocycles. The second-order valence-electron chi connectivity index (χ2n) is 5.03. The average Bonchev–Trinajstić information content (AvgIpc) is 2.39. The number of ether oxygens (including phenoxy) is 1. The van der Waals surface area contributed by atoms with Gasteiger partial charge in [0.15, 0.2) is 0 Å². The third-order valence-electron chi connectivity index (χ3n) is 2.93. The minimum absolute atomic E-state index is 0.0831. The highest BCUT2D eigenvalue weighted by atomic mass is 16.5. The summed E-state index contributed by atoms with van der Waals surface area (Å²) in [6, 6.07) is -1.16. The molecular formula is C13H24N2O5. The van der Waals surface area contributed by atoms with Gasteiger partial charge < -0.3 is 20.5 Å². The molecule has 2 amide bonds. The van der Waals surface area contributed by atoms with E-state index in [1.807, 2.05) is 0 Å². The molecule has 7 heteroatoms. The molecule has 0 aromatic carbocycles. The van der Waals surface area contributed by atoms with Crippen LogP contribution >= 0.6 is 0 Å². The number of nitrogens with one attached hydrogen (secondary N) is 2. The van der Waals surface area contributed by atoms with Crippen LogP contribution in [0.25, 0.3) is 0 Å². The van der Waals surface area contributed by atoms with Gasteiger partial charge in [0.05, 0.1) is 13.0 Å². The smallest absolute Gasteiger partial charge is 0.328 e. The molecule has 0 bridgehead atoms. The van der Waals surface area contributed by atoms with Crippen LogP contribution in [0.4, 0.5) is 4.79 Å². The maximum Gasteiger partial charge on any atom is 0.328 e. The molecule has 116 valence electrons. The van der Waals surface area contributed by atoms with E-state index < -0.39 is 29.9 Å². The highest BCUT2D eigenvalue weighted by molar-refractivity contribution is 5.83. The zero-order valence-electron chi connectivity index (χ0n) is 12.4. The predicted octanol–water partition coefficient (Wildman–Crippen LogP) is 0.984. The summed E-state index contributed by atoms with van der Waals surface area (Å²) in [5, 5.41) is 13.8. The number of aliphatic carboxylic acids is 1. The first-order valence-electron chi connectivity index (χ1n) is 6.64. The van der Waals surface area contributed by atoms with Crippen molar-refractivity contribution in [3.8, 4) is 0 Å². The Hall–Kier alpha value is -1.79. The van der Waals surface area contributed by atoms with Crippen LogP contribution in [0.3, 0.4) is 0 Å². The van der Waals surface area contributed by atoms with E-state index in [0.717, 1.165) is 0 Å². The number of amides is 2. The summed E-state index contributed by atoms with van der Waals surface area (Å²) in [5.74, 6) is -1.85. The molecule has 0 radical (unpaired) electrons. The molecule has 0 fully saturated rings. The molecule has 0 aliphatic carbocycles. The lowest BCUT2D eigenvalue weighted by atomic mass is 10.1. The van der Waals surface area contributed by atoms with Crippen molar-refractivity contribution in [3.63, 3.8) is 0 Å². The normalized spacial score (nSPS) is 13.4. The van der Waals surface area contributed by atoms with Crippen molar-refractivity contribution in [1.29, 1.82) is 0 Å². The fourth-order valence-electron chi connectivity index (χ4n) is 1.55. The fourth-order valence-corrected chi connectivity index (χ4v) is 1.55. The number of rotatable bonds is 8. The summed E-state index contributed by atoms with van der Waals surface area (Å²) < 4.78 is 4.61. The second-order valence-corrected chi connectivity index (χ2v) is 5.03. The van der Waals surface area contributed by atoms with Crippen LogP contribution in [0.2, 0.25) is 0 Å². The van der Waals surface area contributed by atoms with Gasteiger partial charge in [0.25, 0.3) is 0 Å². The van der Waals surface area contributed by atoms with Gasteiger partial charge in [-0.3, -0.25) is 4.79 Å². The van der Waals surface area contributed by atoms with E-state index in [2.05, 4.69) is 15.4 Å². The summed E-state index contributed by atoms with van der Waals surface area (Å²) in [4.78, 5) is 33.7. The fraction of sp³-hybridized carbons (Fsp3) is 0.769. The Kier molecular flexibility index (Phi) is 8.35. The maximum atomic E-state index is 11.6. The lowest BCUT2D eigenvalue weighted by molar-refractivity contribution is -0.144. The van der Waals surface area contributed by atoms with Crippen LogP contribution in [0, 0.1) is 11.8 Å². The molecule has 0 aliphatic heterocycles. The number of urea groups is 1. The van der Waals surface area contributed by atoms with Gasteiger partial charge in [0, 0.05) is 6.54 Å². The Morgan fingerprint density at radius 3 is 2.25 bits per heavy atom. The Labute approximate surface area is 119 Å². The van der Waals surface area contributed by atoms with E-state index in [0.29, 0.717) is 19.4 Å². The number of carbonyl (C=O) groups is 3. The standard InChI is InChI=1S/C13H24N2O5/c1-8(2)10(12(18)20-4)15-13(19)14-7-5-6-9(3)11(16)17/h8-10H,5-7H2,1-4H3,(H,16,17)(H2,14,15,19). The van der Waals surface area contributed by atoms with E-state index in [1.165, 1.54) is 7.11 Å². The minimum atomic E-state index is -0.847. The van der Waals surface area contributed by atoms with Gasteiger partial charge >= 0.3 is 18.0 Å². The average molecular weight is 288 g/mol. The van der Waals surface area contributed by atoms with Crippen LogP contribution in [-0.2, 0) is 14.3 Å². The van der Waals surface area contributed by atoms with Gasteiger partial charge in [-0.05, 0) is 18.8 Å². The third kappa shape index (κ3) is 6.96. The van der Waals surface area contributed by atoms with E-state index in [9.17, 15) is 14.4 Å². The number of hydrogen-bond donors (Lipinski definition) is 3. The Morgan fingerprint density at radius 2 is 1.80 bits per heavy atom. The molecule has 20 heavy (non-hydrogen) atoms. The Balaban J connectivity index is 4.03. The van der Waals surface area contributed by atoms with Crippen molar-refractivity contribution in [2.45, 2.75) is 39.7 Å². The predicted molar refractivity (Wildman–Crippen MR) is 73.2 cm³/mol. The molecule has 0 spiro atoms. The molecule has 2 atom stereocenters. The molecule has 0 rings (SSSR count). The second kappa shape index (κ2) is 9.17. The number of carbonyl (C=O) groups excluding carboxylic acids is 2. The van der Waals surface area contributed by atoms with Crippen molar-refractivity contribution in [3.05, 3.63) is 0 Å². The number of carboxylic acids is 1. The first-order valence-corrected chi connectivity index (χ1v) is 6.64. The molecule has 0 aromatic rings. The van der Waals surface area contributed by atoms with Crippen molar-refractivity contribution >= 4 is 18.0 Å². The molecule has 7 nitrogen and oxygen atoms in total. The van der Waals surface area contributed by atoms with Gasteiger partial charge in [-0.25, -0.2) is 9.59 Å². The molecule has 0 saturated carbocycles. The van der Waals surface area contributed by atoms with Gasteiger partial charge in [-0.1, -0.05) is 20.8 Å². The molecule has 0 heterocycles. The number of esters is 1.